The summed E-state index contributed by atoms with van der Waals surface area (Å²) in [6.45, 7) is 3.31. The Balaban J connectivity index is 1.89. The second-order valence-corrected chi connectivity index (χ2v) is 4.96. The lowest BCUT2D eigenvalue weighted by Gasteiger charge is -2.27. The molecule has 1 aliphatic heterocycles. The minimum atomic E-state index is -0.463. The number of carbonyl (C=O) groups is 1. The lowest BCUT2D eigenvalue weighted by Crippen LogP contribution is -2.47. The molecule has 0 aliphatic carbocycles. The maximum atomic E-state index is 12.1. The largest absolute Gasteiger partial charge is 0.381 e. The molecule has 1 aromatic heterocycles. The number of hydrogen-bond acceptors (Lipinski definition) is 4. The predicted molar refractivity (Wildman–Crippen MR) is 72.3 cm³/mol. The number of rotatable bonds is 4. The van der Waals surface area contributed by atoms with E-state index >= 15 is 0 Å². The first-order valence-electron chi connectivity index (χ1n) is 6.73. The zero-order valence-corrected chi connectivity index (χ0v) is 11.2. The SMILES string of the molecule is CC(NC(=O)C(N)C1CCOCC1)c1ccccn1. The van der Waals surface area contributed by atoms with Gasteiger partial charge in [0.1, 0.15) is 0 Å². The number of nitrogens with one attached hydrogen (secondary N) is 1. The van der Waals surface area contributed by atoms with Gasteiger partial charge in [-0.15, -0.1) is 0 Å². The first-order chi connectivity index (χ1) is 9.18. The monoisotopic (exact) mass is 263 g/mol. The number of nitrogens with two attached hydrogens (primary N) is 1. The topological polar surface area (TPSA) is 77.2 Å². The van der Waals surface area contributed by atoms with E-state index in [4.69, 9.17) is 10.5 Å². The summed E-state index contributed by atoms with van der Waals surface area (Å²) in [4.78, 5) is 16.3. The molecular weight excluding hydrogens is 242 g/mol. The fraction of sp³-hybridized carbons (Fsp3) is 0.571. The number of amides is 1. The summed E-state index contributed by atoms with van der Waals surface area (Å²) in [6.07, 6.45) is 3.43. The van der Waals surface area contributed by atoms with Gasteiger partial charge in [0, 0.05) is 19.4 Å². The molecule has 1 aromatic rings. The Hall–Kier alpha value is -1.46. The van der Waals surface area contributed by atoms with Crippen LogP contribution in [0.15, 0.2) is 24.4 Å². The Morgan fingerprint density at radius 1 is 1.47 bits per heavy atom. The fourth-order valence-electron chi connectivity index (χ4n) is 2.30. The molecule has 0 saturated carbocycles. The van der Waals surface area contributed by atoms with Crippen LogP contribution in [0.2, 0.25) is 0 Å². The fourth-order valence-corrected chi connectivity index (χ4v) is 2.30. The van der Waals surface area contributed by atoms with Crippen molar-refractivity contribution in [3.05, 3.63) is 30.1 Å². The van der Waals surface area contributed by atoms with Crippen LogP contribution in [0.5, 0.6) is 0 Å². The van der Waals surface area contributed by atoms with Crippen molar-refractivity contribution in [3.63, 3.8) is 0 Å². The van der Waals surface area contributed by atoms with Crippen molar-refractivity contribution in [2.45, 2.75) is 31.8 Å². The number of carbonyl (C=O) groups excluding carboxylic acids is 1. The van der Waals surface area contributed by atoms with Crippen LogP contribution in [0.3, 0.4) is 0 Å². The molecule has 0 radical (unpaired) electrons. The van der Waals surface area contributed by atoms with Crippen LogP contribution in [0.4, 0.5) is 0 Å². The van der Waals surface area contributed by atoms with Crippen molar-refractivity contribution >= 4 is 5.91 Å². The molecule has 2 unspecified atom stereocenters. The molecule has 1 saturated heterocycles. The maximum absolute atomic E-state index is 12.1. The van der Waals surface area contributed by atoms with Gasteiger partial charge in [-0.25, -0.2) is 0 Å². The van der Waals surface area contributed by atoms with Gasteiger partial charge in [0.2, 0.25) is 5.91 Å². The zero-order chi connectivity index (χ0) is 13.7. The van der Waals surface area contributed by atoms with Crippen LogP contribution in [0.1, 0.15) is 31.5 Å². The third-order valence-electron chi connectivity index (χ3n) is 3.57. The van der Waals surface area contributed by atoms with E-state index in [1.54, 1.807) is 6.20 Å². The van der Waals surface area contributed by atoms with E-state index in [0.717, 1.165) is 18.5 Å². The zero-order valence-electron chi connectivity index (χ0n) is 11.2. The standard InChI is InChI=1S/C14H21N3O2/c1-10(12-4-2-3-7-16-12)17-14(18)13(15)11-5-8-19-9-6-11/h2-4,7,10-11,13H,5-6,8-9,15H2,1H3,(H,17,18). The summed E-state index contributed by atoms with van der Waals surface area (Å²) >= 11 is 0. The average Bonchev–Trinajstić information content (AvgIpc) is 2.48. The van der Waals surface area contributed by atoms with Gasteiger partial charge in [-0.3, -0.25) is 9.78 Å². The molecule has 104 valence electrons. The first-order valence-corrected chi connectivity index (χ1v) is 6.73. The summed E-state index contributed by atoms with van der Waals surface area (Å²) in [7, 11) is 0. The van der Waals surface area contributed by atoms with E-state index in [-0.39, 0.29) is 17.9 Å². The van der Waals surface area contributed by atoms with E-state index in [1.807, 2.05) is 25.1 Å². The molecule has 2 rings (SSSR count). The van der Waals surface area contributed by atoms with E-state index < -0.39 is 6.04 Å². The van der Waals surface area contributed by atoms with Gasteiger partial charge in [-0.1, -0.05) is 6.07 Å². The van der Waals surface area contributed by atoms with Crippen molar-refractivity contribution in [1.29, 1.82) is 0 Å². The van der Waals surface area contributed by atoms with Crippen molar-refractivity contribution in [2.24, 2.45) is 11.7 Å². The predicted octanol–water partition coefficient (Wildman–Crippen LogP) is 1.01. The third-order valence-corrected chi connectivity index (χ3v) is 3.57. The quantitative estimate of drug-likeness (QED) is 0.850. The Morgan fingerprint density at radius 2 is 2.21 bits per heavy atom. The van der Waals surface area contributed by atoms with Crippen molar-refractivity contribution in [1.82, 2.24) is 10.3 Å². The molecule has 19 heavy (non-hydrogen) atoms. The molecule has 1 aliphatic rings. The van der Waals surface area contributed by atoms with Gasteiger partial charge >= 0.3 is 0 Å². The molecule has 1 fully saturated rings. The Labute approximate surface area is 113 Å². The number of pyridine rings is 1. The van der Waals surface area contributed by atoms with Crippen molar-refractivity contribution in [2.75, 3.05) is 13.2 Å². The Kier molecular flexibility index (Phi) is 4.87. The van der Waals surface area contributed by atoms with Crippen molar-refractivity contribution in [3.8, 4) is 0 Å². The molecule has 5 heteroatoms. The Bertz CT molecular complexity index is 404. The summed E-state index contributed by atoms with van der Waals surface area (Å²) in [5.74, 6) is 0.106. The van der Waals surface area contributed by atoms with Crippen LogP contribution < -0.4 is 11.1 Å². The maximum Gasteiger partial charge on any atom is 0.237 e. The summed E-state index contributed by atoms with van der Waals surface area (Å²) in [5, 5.41) is 2.93. The van der Waals surface area contributed by atoms with E-state index in [0.29, 0.717) is 13.2 Å². The van der Waals surface area contributed by atoms with E-state index in [2.05, 4.69) is 10.3 Å². The van der Waals surface area contributed by atoms with Crippen LogP contribution in [-0.2, 0) is 9.53 Å². The number of ether oxygens (including phenoxy) is 1. The molecule has 3 N–H and O–H groups in total. The van der Waals surface area contributed by atoms with Crippen LogP contribution in [-0.4, -0.2) is 30.1 Å². The van der Waals surface area contributed by atoms with Crippen LogP contribution in [0.25, 0.3) is 0 Å². The molecule has 2 atom stereocenters. The molecule has 0 spiro atoms. The Morgan fingerprint density at radius 3 is 2.84 bits per heavy atom. The van der Waals surface area contributed by atoms with Crippen molar-refractivity contribution < 1.29 is 9.53 Å². The van der Waals surface area contributed by atoms with Gasteiger partial charge in [0.25, 0.3) is 0 Å². The average molecular weight is 263 g/mol. The summed E-state index contributed by atoms with van der Waals surface area (Å²) < 4.78 is 5.28. The van der Waals surface area contributed by atoms with E-state index in [1.165, 1.54) is 0 Å². The van der Waals surface area contributed by atoms with E-state index in [9.17, 15) is 4.79 Å². The molecule has 0 aromatic carbocycles. The summed E-state index contributed by atoms with van der Waals surface area (Å²) in [5.41, 5.74) is 6.87. The van der Waals surface area contributed by atoms with Gasteiger partial charge in [-0.05, 0) is 37.8 Å². The number of aromatic nitrogens is 1. The van der Waals surface area contributed by atoms with Gasteiger partial charge < -0.3 is 15.8 Å². The highest BCUT2D eigenvalue weighted by atomic mass is 16.5. The van der Waals surface area contributed by atoms with Crippen LogP contribution >= 0.6 is 0 Å². The lowest BCUT2D eigenvalue weighted by molar-refractivity contribution is -0.125. The molecular formula is C14H21N3O2. The van der Waals surface area contributed by atoms with Gasteiger partial charge in [-0.2, -0.15) is 0 Å². The second kappa shape index (κ2) is 6.63. The number of hydrogen-bond donors (Lipinski definition) is 2. The smallest absolute Gasteiger partial charge is 0.237 e. The highest BCUT2D eigenvalue weighted by Gasteiger charge is 2.27. The highest BCUT2D eigenvalue weighted by molar-refractivity contribution is 5.82. The molecule has 2 heterocycles. The minimum absolute atomic E-state index is 0.106. The first kappa shape index (κ1) is 14.0. The highest BCUT2D eigenvalue weighted by Crippen LogP contribution is 2.18. The minimum Gasteiger partial charge on any atom is -0.381 e. The molecule has 1 amide bonds. The van der Waals surface area contributed by atoms with Gasteiger partial charge in [0.15, 0.2) is 0 Å². The number of nitrogens with zero attached hydrogens (tertiary/aromatic N) is 1. The normalized spacial score (nSPS) is 19.7. The van der Waals surface area contributed by atoms with Gasteiger partial charge in [0.05, 0.1) is 17.8 Å². The third kappa shape index (κ3) is 3.75. The van der Waals surface area contributed by atoms with Crippen LogP contribution in [0, 0.1) is 5.92 Å². The summed E-state index contributed by atoms with van der Waals surface area (Å²) in [6, 6.07) is 5.06. The lowest BCUT2D eigenvalue weighted by atomic mass is 9.91. The second-order valence-electron chi connectivity index (χ2n) is 4.96. The molecule has 5 nitrogen and oxygen atoms in total. The molecule has 0 bridgehead atoms.